The number of sulfone groups is 1. The Morgan fingerprint density at radius 3 is 2.17 bits per heavy atom. The van der Waals surface area contributed by atoms with Gasteiger partial charge in [0.1, 0.15) is 16.4 Å². The molecule has 0 spiro atoms. The number of nitrogens with one attached hydrogen (secondary N) is 1. The molecular weight excluding hydrogens is 434 g/mol. The second-order valence-corrected chi connectivity index (χ2v) is 9.89. The number of rotatable bonds is 7. The van der Waals surface area contributed by atoms with Crippen LogP contribution >= 0.6 is 0 Å². The molecule has 0 atom stereocenters. The quantitative estimate of drug-likeness (QED) is 0.463. The summed E-state index contributed by atoms with van der Waals surface area (Å²) in [6.07, 6.45) is 0. The van der Waals surface area contributed by atoms with E-state index in [0.29, 0.717) is 5.75 Å². The number of phenols is 1. The number of hydrogen-bond acceptors (Lipinski definition) is 7. The Hall–Kier alpha value is -3.31. The van der Waals surface area contributed by atoms with E-state index in [0.717, 1.165) is 6.07 Å². The van der Waals surface area contributed by atoms with Crippen LogP contribution in [0.15, 0.2) is 64.4 Å². The fraction of sp³-hybridized carbons (Fsp3) is 0.105. The maximum Gasteiger partial charge on any atom is 0.319 e. The molecule has 3 N–H and O–H groups in total. The third-order valence-electron chi connectivity index (χ3n) is 4.24. The van der Waals surface area contributed by atoms with Gasteiger partial charge in [0.25, 0.3) is 10.0 Å². The molecule has 11 heteroatoms. The molecule has 0 amide bonds. The Bertz CT molecular complexity index is 1330. The van der Waals surface area contributed by atoms with Crippen molar-refractivity contribution in [3.8, 4) is 11.5 Å². The highest BCUT2D eigenvalue weighted by atomic mass is 32.2. The number of carboxylic acid groups (broad SMARTS) is 1. The van der Waals surface area contributed by atoms with E-state index < -0.39 is 42.2 Å². The SMILES string of the molecule is COc1ccc(S(=O)(=O)Nc2cc(S(=O)(=O)CC(=O)O)c(O)c3ccccc23)cc1. The number of anilines is 1. The van der Waals surface area contributed by atoms with Gasteiger partial charge < -0.3 is 14.9 Å². The Balaban J connectivity index is 2.17. The van der Waals surface area contributed by atoms with Crippen LogP contribution in [0.2, 0.25) is 0 Å². The van der Waals surface area contributed by atoms with Gasteiger partial charge in [0.2, 0.25) is 0 Å². The number of sulfonamides is 1. The van der Waals surface area contributed by atoms with Crippen molar-refractivity contribution >= 4 is 42.3 Å². The maximum absolute atomic E-state index is 12.8. The summed E-state index contributed by atoms with van der Waals surface area (Å²) in [5, 5.41) is 19.6. The van der Waals surface area contributed by atoms with Crippen molar-refractivity contribution in [3.05, 3.63) is 54.6 Å². The highest BCUT2D eigenvalue weighted by molar-refractivity contribution is 7.93. The molecule has 158 valence electrons. The molecule has 0 saturated carbocycles. The normalized spacial score (nSPS) is 11.9. The first-order chi connectivity index (χ1) is 14.0. The number of aliphatic carboxylic acids is 1. The van der Waals surface area contributed by atoms with Gasteiger partial charge in [-0.05, 0) is 30.3 Å². The van der Waals surface area contributed by atoms with Crippen LogP contribution < -0.4 is 9.46 Å². The van der Waals surface area contributed by atoms with Gasteiger partial charge in [0.15, 0.2) is 15.6 Å². The predicted molar refractivity (Wildman–Crippen MR) is 109 cm³/mol. The molecule has 0 heterocycles. The van der Waals surface area contributed by atoms with Crippen LogP contribution in [0.3, 0.4) is 0 Å². The Kier molecular flexibility index (Phi) is 5.59. The fourth-order valence-electron chi connectivity index (χ4n) is 2.85. The van der Waals surface area contributed by atoms with E-state index in [1.165, 1.54) is 49.6 Å². The van der Waals surface area contributed by atoms with E-state index in [4.69, 9.17) is 9.84 Å². The lowest BCUT2D eigenvalue weighted by Gasteiger charge is -2.15. The van der Waals surface area contributed by atoms with E-state index in [2.05, 4.69) is 4.72 Å². The van der Waals surface area contributed by atoms with E-state index in [9.17, 15) is 26.7 Å². The minimum Gasteiger partial charge on any atom is -0.506 e. The number of aromatic hydroxyl groups is 1. The summed E-state index contributed by atoms with van der Waals surface area (Å²) in [6.45, 7) is 0. The first-order valence-corrected chi connectivity index (χ1v) is 11.5. The minimum absolute atomic E-state index is 0.0522. The van der Waals surface area contributed by atoms with Crippen molar-refractivity contribution in [2.24, 2.45) is 0 Å². The molecule has 3 rings (SSSR count). The van der Waals surface area contributed by atoms with Crippen LogP contribution in [0.5, 0.6) is 11.5 Å². The number of ether oxygens (including phenoxy) is 1. The van der Waals surface area contributed by atoms with Crippen LogP contribution in [0.1, 0.15) is 0 Å². The molecule has 3 aromatic carbocycles. The number of carbonyl (C=O) groups is 1. The molecular formula is C19H17NO8S2. The van der Waals surface area contributed by atoms with Gasteiger partial charge in [-0.25, -0.2) is 16.8 Å². The second-order valence-electron chi connectivity index (χ2n) is 6.25. The van der Waals surface area contributed by atoms with Crippen molar-refractivity contribution in [1.82, 2.24) is 0 Å². The summed E-state index contributed by atoms with van der Waals surface area (Å²) in [5.74, 6) is -3.07. The number of methoxy groups -OCH3 is 1. The van der Waals surface area contributed by atoms with Crippen LogP contribution in [0, 0.1) is 0 Å². The summed E-state index contributed by atoms with van der Waals surface area (Å²) in [4.78, 5) is 10.1. The Morgan fingerprint density at radius 1 is 1.00 bits per heavy atom. The maximum atomic E-state index is 12.8. The Labute approximate surface area is 172 Å². The van der Waals surface area contributed by atoms with Crippen molar-refractivity contribution in [2.75, 3.05) is 17.6 Å². The highest BCUT2D eigenvalue weighted by Crippen LogP contribution is 2.38. The lowest BCUT2D eigenvalue weighted by atomic mass is 10.1. The van der Waals surface area contributed by atoms with Crippen LogP contribution in [0.25, 0.3) is 10.8 Å². The number of benzene rings is 3. The van der Waals surface area contributed by atoms with Gasteiger partial charge in [0, 0.05) is 10.8 Å². The molecule has 0 saturated heterocycles. The molecule has 0 aliphatic rings. The number of hydrogen-bond donors (Lipinski definition) is 3. The lowest BCUT2D eigenvalue weighted by Crippen LogP contribution is -2.17. The minimum atomic E-state index is -4.43. The average Bonchev–Trinajstić information content (AvgIpc) is 2.69. The summed E-state index contributed by atoms with van der Waals surface area (Å²) >= 11 is 0. The van der Waals surface area contributed by atoms with Crippen molar-refractivity contribution in [3.63, 3.8) is 0 Å². The smallest absolute Gasteiger partial charge is 0.319 e. The molecule has 9 nitrogen and oxygen atoms in total. The van der Waals surface area contributed by atoms with Crippen LogP contribution in [0.4, 0.5) is 5.69 Å². The van der Waals surface area contributed by atoms with Gasteiger partial charge in [0.05, 0.1) is 17.7 Å². The standard InChI is InChI=1S/C19H17NO8S2/c1-28-12-6-8-13(9-7-12)30(26,27)20-16-10-17(29(24,25)11-18(21)22)19(23)15-5-3-2-4-14(15)16/h2-10,20,23H,11H2,1H3,(H,21,22). The van der Waals surface area contributed by atoms with E-state index in [1.54, 1.807) is 6.07 Å². The van der Waals surface area contributed by atoms with E-state index in [1.807, 2.05) is 0 Å². The van der Waals surface area contributed by atoms with Crippen molar-refractivity contribution in [2.45, 2.75) is 9.79 Å². The average molecular weight is 451 g/mol. The molecule has 0 aromatic heterocycles. The molecule has 30 heavy (non-hydrogen) atoms. The van der Waals surface area contributed by atoms with Crippen molar-refractivity contribution < 1.29 is 36.6 Å². The number of fused-ring (bicyclic) bond motifs is 1. The topological polar surface area (TPSA) is 147 Å². The lowest BCUT2D eigenvalue weighted by molar-refractivity contribution is -0.134. The van der Waals surface area contributed by atoms with Gasteiger partial charge in [-0.1, -0.05) is 24.3 Å². The van der Waals surface area contributed by atoms with Gasteiger partial charge >= 0.3 is 5.97 Å². The van der Waals surface area contributed by atoms with Crippen LogP contribution in [-0.2, 0) is 24.7 Å². The second kappa shape index (κ2) is 7.84. The van der Waals surface area contributed by atoms with E-state index in [-0.39, 0.29) is 21.4 Å². The highest BCUT2D eigenvalue weighted by Gasteiger charge is 2.26. The summed E-state index contributed by atoms with van der Waals surface area (Å²) in [5.41, 5.74) is -0.122. The monoisotopic (exact) mass is 451 g/mol. The number of phenolic OH excluding ortho intramolecular Hbond substituents is 1. The summed E-state index contributed by atoms with van der Waals surface area (Å²) in [7, 11) is -7.13. The summed E-state index contributed by atoms with van der Waals surface area (Å²) in [6, 6.07) is 12.4. The fourth-order valence-corrected chi connectivity index (χ4v) is 5.11. The van der Waals surface area contributed by atoms with E-state index >= 15 is 0 Å². The molecule has 0 aliphatic heterocycles. The molecule has 3 aromatic rings. The van der Waals surface area contributed by atoms with Gasteiger partial charge in [-0.2, -0.15) is 0 Å². The van der Waals surface area contributed by atoms with Crippen LogP contribution in [-0.4, -0.2) is 45.9 Å². The molecule has 0 aliphatic carbocycles. The predicted octanol–water partition coefficient (Wildman–Crippen LogP) is 2.21. The van der Waals surface area contributed by atoms with Crippen molar-refractivity contribution in [1.29, 1.82) is 0 Å². The zero-order valence-electron chi connectivity index (χ0n) is 15.6. The molecule has 0 radical (unpaired) electrons. The van der Waals surface area contributed by atoms with Gasteiger partial charge in [-0.15, -0.1) is 0 Å². The largest absolute Gasteiger partial charge is 0.506 e. The first-order valence-electron chi connectivity index (χ1n) is 8.41. The number of carboxylic acids is 1. The molecule has 0 bridgehead atoms. The first kappa shape index (κ1) is 21.4. The molecule has 0 unspecified atom stereocenters. The third-order valence-corrected chi connectivity index (χ3v) is 7.23. The molecule has 0 fully saturated rings. The van der Waals surface area contributed by atoms with Gasteiger partial charge in [-0.3, -0.25) is 9.52 Å². The Morgan fingerprint density at radius 2 is 1.60 bits per heavy atom. The zero-order valence-corrected chi connectivity index (χ0v) is 17.2. The third kappa shape index (κ3) is 4.16. The summed E-state index contributed by atoms with van der Waals surface area (Å²) < 4.78 is 57.8. The zero-order chi connectivity index (χ0) is 22.1.